The average Bonchev–Trinajstić information content (AvgIpc) is 3.60. The van der Waals surface area contributed by atoms with E-state index in [4.69, 9.17) is 14.2 Å². The Morgan fingerprint density at radius 1 is 1.09 bits per heavy atom. The van der Waals surface area contributed by atoms with Crippen LogP contribution < -0.4 is 9.47 Å². The molecule has 2 saturated carbocycles. The quantitative estimate of drug-likeness (QED) is 0.625. The van der Waals surface area contributed by atoms with Crippen LogP contribution in [0.5, 0.6) is 11.5 Å². The van der Waals surface area contributed by atoms with Gasteiger partial charge in [-0.3, -0.25) is 4.90 Å². The van der Waals surface area contributed by atoms with Crippen molar-refractivity contribution < 1.29 is 14.2 Å². The van der Waals surface area contributed by atoms with Gasteiger partial charge in [0.05, 0.1) is 13.7 Å². The molecule has 4 heteroatoms. The van der Waals surface area contributed by atoms with Gasteiger partial charge in [0, 0.05) is 29.0 Å². The van der Waals surface area contributed by atoms with Crippen LogP contribution in [0.15, 0.2) is 42.5 Å². The van der Waals surface area contributed by atoms with Crippen molar-refractivity contribution in [1.29, 1.82) is 0 Å². The minimum atomic E-state index is 0.101. The van der Waals surface area contributed by atoms with Gasteiger partial charge in [0.25, 0.3) is 0 Å². The van der Waals surface area contributed by atoms with Gasteiger partial charge in [-0.05, 0) is 80.5 Å². The lowest BCUT2D eigenvalue weighted by Crippen LogP contribution is -2.75. The number of methoxy groups -OCH3 is 1. The van der Waals surface area contributed by atoms with Gasteiger partial charge in [-0.1, -0.05) is 36.4 Å². The van der Waals surface area contributed by atoms with E-state index in [1.54, 1.807) is 7.11 Å². The van der Waals surface area contributed by atoms with Crippen LogP contribution in [0.3, 0.4) is 0 Å². The molecule has 3 heterocycles. The minimum Gasteiger partial charge on any atom is -0.493 e. The number of hydrogen-bond acceptors (Lipinski definition) is 4. The first-order chi connectivity index (χ1) is 16.7. The summed E-state index contributed by atoms with van der Waals surface area (Å²) in [6.45, 7) is 3.40. The van der Waals surface area contributed by atoms with Crippen LogP contribution in [0.2, 0.25) is 0 Å². The molecule has 178 valence electrons. The first-order valence-corrected chi connectivity index (χ1v) is 13.5. The van der Waals surface area contributed by atoms with Crippen LogP contribution in [-0.2, 0) is 23.0 Å². The van der Waals surface area contributed by atoms with Crippen molar-refractivity contribution in [3.05, 3.63) is 59.2 Å². The average molecular weight is 458 g/mol. The molecule has 2 bridgehead atoms. The molecular formula is C30H35NO3. The number of fused-ring (bicyclic) bond motifs is 2. The van der Waals surface area contributed by atoms with Crippen LogP contribution >= 0.6 is 0 Å². The summed E-state index contributed by atoms with van der Waals surface area (Å²) < 4.78 is 19.3. The predicted molar refractivity (Wildman–Crippen MR) is 131 cm³/mol. The highest BCUT2D eigenvalue weighted by Gasteiger charge is 2.73. The fourth-order valence-electron chi connectivity index (χ4n) is 8.67. The van der Waals surface area contributed by atoms with Crippen LogP contribution in [0, 0.1) is 17.3 Å². The second kappa shape index (κ2) is 7.01. The molecule has 34 heavy (non-hydrogen) atoms. The zero-order valence-corrected chi connectivity index (χ0v) is 20.2. The van der Waals surface area contributed by atoms with Crippen molar-refractivity contribution >= 4 is 0 Å². The van der Waals surface area contributed by atoms with Crippen LogP contribution in [0.4, 0.5) is 0 Å². The van der Waals surface area contributed by atoms with E-state index >= 15 is 0 Å². The number of ether oxygens (including phenoxy) is 3. The summed E-state index contributed by atoms with van der Waals surface area (Å²) in [6.07, 6.45) is 9.17. The number of hydrogen-bond donors (Lipinski definition) is 0. The van der Waals surface area contributed by atoms with Gasteiger partial charge in [-0.25, -0.2) is 0 Å². The minimum absolute atomic E-state index is 0.101. The van der Waals surface area contributed by atoms with Crippen molar-refractivity contribution in [3.63, 3.8) is 0 Å². The number of nitrogens with zero attached hydrogens (tertiary/aromatic N) is 1. The third-order valence-electron chi connectivity index (χ3n) is 10.5. The molecule has 2 aromatic rings. The van der Waals surface area contributed by atoms with E-state index in [2.05, 4.69) is 47.4 Å². The molecule has 8 rings (SSSR count). The first kappa shape index (κ1) is 20.2. The fraction of sp³-hybridized carbons (Fsp3) is 0.600. The molecular weight excluding hydrogens is 422 g/mol. The Hall–Kier alpha value is -2.04. The maximum absolute atomic E-state index is 6.97. The van der Waals surface area contributed by atoms with Gasteiger partial charge in [-0.15, -0.1) is 0 Å². The molecule has 6 atom stereocenters. The van der Waals surface area contributed by atoms with Crippen molar-refractivity contribution in [2.75, 3.05) is 26.8 Å². The van der Waals surface area contributed by atoms with E-state index in [0.29, 0.717) is 12.0 Å². The summed E-state index contributed by atoms with van der Waals surface area (Å²) in [6, 6.07) is 16.1. The lowest BCUT2D eigenvalue weighted by Gasteiger charge is -2.67. The summed E-state index contributed by atoms with van der Waals surface area (Å²) in [5.74, 6) is 3.54. The molecule has 3 aliphatic carbocycles. The lowest BCUT2D eigenvalue weighted by molar-refractivity contribution is -0.280. The Balaban J connectivity index is 1.21. The second-order valence-corrected chi connectivity index (χ2v) is 12.1. The molecule has 0 N–H and O–H groups in total. The number of benzene rings is 2. The maximum atomic E-state index is 6.97. The van der Waals surface area contributed by atoms with Gasteiger partial charge in [0.2, 0.25) is 0 Å². The monoisotopic (exact) mass is 457 g/mol. The van der Waals surface area contributed by atoms with E-state index in [1.807, 2.05) is 0 Å². The summed E-state index contributed by atoms with van der Waals surface area (Å²) in [4.78, 5) is 2.89. The summed E-state index contributed by atoms with van der Waals surface area (Å²) >= 11 is 0. The molecule has 0 aromatic heterocycles. The van der Waals surface area contributed by atoms with Crippen molar-refractivity contribution in [3.8, 4) is 11.5 Å². The normalized spacial score (nSPS) is 39.0. The van der Waals surface area contributed by atoms with E-state index in [0.717, 1.165) is 30.4 Å². The molecule has 0 radical (unpaired) electrons. The third-order valence-corrected chi connectivity index (χ3v) is 10.5. The molecule has 4 nitrogen and oxygen atoms in total. The van der Waals surface area contributed by atoms with Crippen LogP contribution in [-0.4, -0.2) is 50.0 Å². The van der Waals surface area contributed by atoms with Gasteiger partial charge in [0.1, 0.15) is 12.2 Å². The van der Waals surface area contributed by atoms with E-state index < -0.39 is 0 Å². The van der Waals surface area contributed by atoms with E-state index in [-0.39, 0.29) is 23.0 Å². The molecule has 1 spiro atoms. The summed E-state index contributed by atoms with van der Waals surface area (Å²) in [7, 11) is 1.78. The van der Waals surface area contributed by atoms with E-state index in [1.165, 1.54) is 68.3 Å². The number of rotatable bonds is 6. The molecule has 4 unspecified atom stereocenters. The number of likely N-dealkylation sites (tertiary alicyclic amines) is 1. The summed E-state index contributed by atoms with van der Waals surface area (Å²) in [5.41, 5.74) is 4.79. The molecule has 2 aromatic carbocycles. The molecule has 3 aliphatic heterocycles. The highest BCUT2D eigenvalue weighted by molar-refractivity contribution is 5.61. The fourth-order valence-corrected chi connectivity index (χ4v) is 8.67. The van der Waals surface area contributed by atoms with Crippen LogP contribution in [0.1, 0.15) is 48.8 Å². The van der Waals surface area contributed by atoms with Gasteiger partial charge >= 0.3 is 0 Å². The topological polar surface area (TPSA) is 30.9 Å². The van der Waals surface area contributed by atoms with Gasteiger partial charge in [0.15, 0.2) is 11.5 Å². The largest absolute Gasteiger partial charge is 0.493 e. The Bertz CT molecular complexity index is 1130. The summed E-state index contributed by atoms with van der Waals surface area (Å²) in [5, 5.41) is 0. The standard InChI is InChI=1S/C30H35NO3/c1-32-24-10-9-21-15-23-22-16-29(12-11-19-5-3-2-4-6-19)18-33-27(29)28-30(22,25(21)26(24)34-28)13-14-31(23)17-20-7-8-20/h2-6,9-10,20,22-23,27-28H,7-8,11-18H2,1H3/t22?,23?,27-,28?,29-,30?/m1/s1. The SMILES string of the molecule is COc1ccc2c3c1OC1[C@H]4OC[C@@]4(CCc4ccccc4)CC4C(C2)N(CC2CC2)CCC341. The number of piperidine rings is 1. The highest BCUT2D eigenvalue weighted by atomic mass is 16.6. The highest BCUT2D eigenvalue weighted by Crippen LogP contribution is 2.69. The molecule has 6 aliphatic rings. The number of aryl methyl sites for hydroxylation is 1. The third kappa shape index (κ3) is 2.57. The molecule has 4 fully saturated rings. The molecule has 0 amide bonds. The Morgan fingerprint density at radius 3 is 2.74 bits per heavy atom. The molecule has 2 saturated heterocycles. The van der Waals surface area contributed by atoms with Gasteiger partial charge < -0.3 is 14.2 Å². The Morgan fingerprint density at radius 2 is 1.97 bits per heavy atom. The smallest absolute Gasteiger partial charge is 0.165 e. The Labute approximate surface area is 202 Å². The van der Waals surface area contributed by atoms with Crippen LogP contribution in [0.25, 0.3) is 0 Å². The lowest BCUT2D eigenvalue weighted by atomic mass is 9.45. The second-order valence-electron chi connectivity index (χ2n) is 12.1. The van der Waals surface area contributed by atoms with Crippen molar-refractivity contribution in [1.82, 2.24) is 4.90 Å². The van der Waals surface area contributed by atoms with Crippen molar-refractivity contribution in [2.24, 2.45) is 17.3 Å². The van der Waals surface area contributed by atoms with E-state index in [9.17, 15) is 0 Å². The maximum Gasteiger partial charge on any atom is 0.165 e. The van der Waals surface area contributed by atoms with Crippen molar-refractivity contribution in [2.45, 2.75) is 68.6 Å². The van der Waals surface area contributed by atoms with Gasteiger partial charge in [-0.2, -0.15) is 0 Å². The zero-order valence-electron chi connectivity index (χ0n) is 20.2. The zero-order chi connectivity index (χ0) is 22.5. The first-order valence-electron chi connectivity index (χ1n) is 13.5. The predicted octanol–water partition coefficient (Wildman–Crippen LogP) is 4.77. The Kier molecular flexibility index (Phi) is 4.16.